The van der Waals surface area contributed by atoms with Gasteiger partial charge in [-0.2, -0.15) is 5.26 Å². The van der Waals surface area contributed by atoms with Crippen LogP contribution in [0.2, 0.25) is 5.02 Å². The number of Topliss-reactive ketones (excluding diaryl/α,β-unsaturated/α-hetero) is 1. The number of carbonyl (C=O) groups is 1. The third-order valence-electron chi connectivity index (χ3n) is 1.67. The molecule has 0 radical (unpaired) electrons. The topological polar surface area (TPSA) is 50.1 Å². The summed E-state index contributed by atoms with van der Waals surface area (Å²) in [4.78, 5) is 11.3. The fourth-order valence-electron chi connectivity index (χ4n) is 1.09. The van der Waals surface area contributed by atoms with E-state index in [-0.39, 0.29) is 10.6 Å². The number of hydrogen-bond donors (Lipinski definition) is 0. The van der Waals surface area contributed by atoms with Crippen LogP contribution in [-0.4, -0.2) is 12.1 Å². The first kappa shape index (κ1) is 13.3. The van der Waals surface area contributed by atoms with Crippen LogP contribution in [0.5, 0.6) is 5.75 Å². The van der Waals surface area contributed by atoms with E-state index in [1.54, 1.807) is 6.07 Å². The Balaban J connectivity index is 3.03. The molecular weight excluding hydrogens is 259 g/mol. The number of carbonyl (C=O) groups excluding carboxylic acids is 1. The molecule has 1 aromatic rings. The first-order valence-electron chi connectivity index (χ1n) is 4.28. The third kappa shape index (κ3) is 4.33. The van der Waals surface area contributed by atoms with Crippen LogP contribution in [0.15, 0.2) is 18.2 Å². The Morgan fingerprint density at radius 2 is 2.06 bits per heavy atom. The molecule has 90 valence electrons. The highest BCUT2D eigenvalue weighted by atomic mass is 35.5. The summed E-state index contributed by atoms with van der Waals surface area (Å²) in [6.45, 7) is 0. The first-order valence-corrected chi connectivity index (χ1v) is 4.66. The highest BCUT2D eigenvalue weighted by molar-refractivity contribution is 6.31. The lowest BCUT2D eigenvalue weighted by Crippen LogP contribution is -2.17. The van der Waals surface area contributed by atoms with Gasteiger partial charge in [0.15, 0.2) is 5.78 Å². The normalized spacial score (nSPS) is 10.8. The summed E-state index contributed by atoms with van der Waals surface area (Å²) in [6, 6.07) is 4.59. The standard InChI is InChI=1S/C10H5ClF3NO2/c11-7-3-6(9(16)1-2-15)4-8(5-7)17-10(12,13)14/h3-5H,1H2. The van der Waals surface area contributed by atoms with Crippen molar-refractivity contribution in [2.24, 2.45) is 0 Å². The Hall–Kier alpha value is -1.74. The van der Waals surface area contributed by atoms with E-state index in [4.69, 9.17) is 16.9 Å². The van der Waals surface area contributed by atoms with Gasteiger partial charge in [-0.25, -0.2) is 0 Å². The van der Waals surface area contributed by atoms with Crippen LogP contribution in [0.4, 0.5) is 13.2 Å². The number of hydrogen-bond acceptors (Lipinski definition) is 3. The maximum Gasteiger partial charge on any atom is 0.573 e. The second-order valence-electron chi connectivity index (χ2n) is 2.98. The Kier molecular flexibility index (Phi) is 3.97. The van der Waals surface area contributed by atoms with Crippen LogP contribution in [0, 0.1) is 11.3 Å². The summed E-state index contributed by atoms with van der Waals surface area (Å²) >= 11 is 5.54. The Morgan fingerprint density at radius 1 is 1.41 bits per heavy atom. The molecule has 0 bridgehead atoms. The SMILES string of the molecule is N#CCC(=O)c1cc(Cl)cc(OC(F)(F)F)c1. The minimum absolute atomic E-state index is 0.0759. The molecular formula is C10H5ClF3NO2. The number of nitriles is 1. The van der Waals surface area contributed by atoms with Crippen LogP contribution in [0.3, 0.4) is 0 Å². The van der Waals surface area contributed by atoms with Crippen molar-refractivity contribution in [3.63, 3.8) is 0 Å². The Morgan fingerprint density at radius 3 is 2.59 bits per heavy atom. The second-order valence-corrected chi connectivity index (χ2v) is 3.42. The Bertz CT molecular complexity index is 479. The van der Waals surface area contributed by atoms with Crippen molar-refractivity contribution in [3.05, 3.63) is 28.8 Å². The molecule has 0 atom stereocenters. The predicted molar refractivity (Wildman–Crippen MR) is 52.7 cm³/mol. The van der Waals surface area contributed by atoms with E-state index in [2.05, 4.69) is 4.74 Å². The average Bonchev–Trinajstić information content (AvgIpc) is 2.14. The number of ether oxygens (including phenoxy) is 1. The maximum absolute atomic E-state index is 12.0. The average molecular weight is 264 g/mol. The van der Waals surface area contributed by atoms with Gasteiger partial charge < -0.3 is 4.74 Å². The van der Waals surface area contributed by atoms with Crippen LogP contribution < -0.4 is 4.74 Å². The van der Waals surface area contributed by atoms with Crippen molar-refractivity contribution in [2.45, 2.75) is 12.8 Å². The molecule has 0 N–H and O–H groups in total. The molecule has 0 aliphatic rings. The van der Waals surface area contributed by atoms with Crippen molar-refractivity contribution in [1.82, 2.24) is 0 Å². The lowest BCUT2D eigenvalue weighted by atomic mass is 10.1. The minimum Gasteiger partial charge on any atom is -0.406 e. The molecule has 0 aliphatic carbocycles. The fourth-order valence-corrected chi connectivity index (χ4v) is 1.32. The quantitative estimate of drug-likeness (QED) is 0.786. The molecule has 1 rings (SSSR count). The molecule has 0 saturated heterocycles. The monoisotopic (exact) mass is 263 g/mol. The summed E-state index contributed by atoms with van der Waals surface area (Å²) in [5, 5.41) is 8.23. The van der Waals surface area contributed by atoms with Crippen molar-refractivity contribution < 1.29 is 22.7 Å². The number of benzene rings is 1. The third-order valence-corrected chi connectivity index (χ3v) is 1.88. The number of nitrogens with zero attached hydrogens (tertiary/aromatic N) is 1. The number of rotatable bonds is 3. The zero-order valence-corrected chi connectivity index (χ0v) is 8.97. The van der Waals surface area contributed by atoms with Gasteiger partial charge in [0.1, 0.15) is 5.75 Å². The van der Waals surface area contributed by atoms with Gasteiger partial charge in [-0.3, -0.25) is 4.79 Å². The van der Waals surface area contributed by atoms with Crippen molar-refractivity contribution in [3.8, 4) is 11.8 Å². The van der Waals surface area contributed by atoms with Crippen LogP contribution in [0.25, 0.3) is 0 Å². The smallest absolute Gasteiger partial charge is 0.406 e. The minimum atomic E-state index is -4.86. The Labute approximate surface area is 99.4 Å². The van der Waals surface area contributed by atoms with E-state index in [1.807, 2.05) is 0 Å². The van der Waals surface area contributed by atoms with Gasteiger partial charge in [-0.15, -0.1) is 13.2 Å². The van der Waals surface area contributed by atoms with Crippen LogP contribution in [-0.2, 0) is 0 Å². The van der Waals surface area contributed by atoms with Gasteiger partial charge in [-0.05, 0) is 18.2 Å². The van der Waals surface area contributed by atoms with Crippen LogP contribution >= 0.6 is 11.6 Å². The molecule has 17 heavy (non-hydrogen) atoms. The van der Waals surface area contributed by atoms with E-state index in [1.165, 1.54) is 6.07 Å². The van der Waals surface area contributed by atoms with Gasteiger partial charge in [0, 0.05) is 10.6 Å². The summed E-state index contributed by atoms with van der Waals surface area (Å²) in [5.74, 6) is -1.21. The van der Waals surface area contributed by atoms with Gasteiger partial charge in [0.05, 0.1) is 12.5 Å². The van der Waals surface area contributed by atoms with Gasteiger partial charge in [-0.1, -0.05) is 11.6 Å². The van der Waals surface area contributed by atoms with Gasteiger partial charge >= 0.3 is 6.36 Å². The number of alkyl halides is 3. The van der Waals surface area contributed by atoms with Crippen molar-refractivity contribution in [1.29, 1.82) is 5.26 Å². The van der Waals surface area contributed by atoms with E-state index >= 15 is 0 Å². The molecule has 0 saturated carbocycles. The number of halogens is 4. The highest BCUT2D eigenvalue weighted by Gasteiger charge is 2.31. The molecule has 3 nitrogen and oxygen atoms in total. The molecule has 0 unspecified atom stereocenters. The molecule has 7 heteroatoms. The maximum atomic E-state index is 12.0. The van der Waals surface area contributed by atoms with E-state index in [0.717, 1.165) is 12.1 Å². The lowest BCUT2D eigenvalue weighted by Gasteiger charge is -2.10. The molecule has 0 fully saturated rings. The summed E-state index contributed by atoms with van der Waals surface area (Å²) < 4.78 is 39.5. The zero-order chi connectivity index (χ0) is 13.1. The fraction of sp³-hybridized carbons (Fsp3) is 0.200. The van der Waals surface area contributed by atoms with E-state index in [9.17, 15) is 18.0 Å². The zero-order valence-electron chi connectivity index (χ0n) is 8.21. The lowest BCUT2D eigenvalue weighted by molar-refractivity contribution is -0.274. The molecule has 0 aromatic heterocycles. The number of ketones is 1. The van der Waals surface area contributed by atoms with E-state index in [0.29, 0.717) is 0 Å². The van der Waals surface area contributed by atoms with Crippen molar-refractivity contribution in [2.75, 3.05) is 0 Å². The summed E-state index contributed by atoms with van der Waals surface area (Å²) in [6.07, 6.45) is -5.30. The molecule has 0 spiro atoms. The van der Waals surface area contributed by atoms with E-state index < -0.39 is 24.3 Å². The summed E-state index contributed by atoms with van der Waals surface area (Å²) in [7, 11) is 0. The molecule has 0 amide bonds. The molecule has 0 aliphatic heterocycles. The largest absolute Gasteiger partial charge is 0.573 e. The van der Waals surface area contributed by atoms with Crippen LogP contribution in [0.1, 0.15) is 16.8 Å². The summed E-state index contributed by atoms with van der Waals surface area (Å²) in [5.41, 5.74) is -0.0988. The second kappa shape index (κ2) is 5.06. The predicted octanol–water partition coefficient (Wildman–Crippen LogP) is 3.33. The van der Waals surface area contributed by atoms with Crippen molar-refractivity contribution >= 4 is 17.4 Å². The molecule has 1 aromatic carbocycles. The van der Waals surface area contributed by atoms with Gasteiger partial charge in [0.2, 0.25) is 0 Å². The van der Waals surface area contributed by atoms with Gasteiger partial charge in [0.25, 0.3) is 0 Å². The molecule has 0 heterocycles. The first-order chi connectivity index (χ1) is 7.81. The highest BCUT2D eigenvalue weighted by Crippen LogP contribution is 2.27.